The van der Waals surface area contributed by atoms with E-state index in [-0.39, 0.29) is 17.9 Å². The monoisotopic (exact) mass is 236 g/mol. The lowest BCUT2D eigenvalue weighted by molar-refractivity contribution is 0.174. The van der Waals surface area contributed by atoms with Gasteiger partial charge in [-0.15, -0.1) is 0 Å². The normalized spacial score (nSPS) is 13.5. The fourth-order valence-corrected chi connectivity index (χ4v) is 1.56. The van der Waals surface area contributed by atoms with Crippen LogP contribution in [-0.4, -0.2) is 18.3 Å². The Hall–Kier alpha value is -1.02. The number of hydrogen-bond donors (Lipinski definition) is 1. The van der Waals surface area contributed by atoms with Gasteiger partial charge in [-0.2, -0.15) is 0 Å². The van der Waals surface area contributed by atoms with Crippen LogP contribution in [0.4, 0.5) is 0 Å². The average Bonchev–Trinajstić information content (AvgIpc) is 2.25. The van der Waals surface area contributed by atoms with Crippen LogP contribution in [0.3, 0.4) is 0 Å². The zero-order valence-corrected chi connectivity index (χ0v) is 11.6. The van der Waals surface area contributed by atoms with Crippen molar-refractivity contribution in [1.82, 2.24) is 0 Å². The first kappa shape index (κ1) is 14.0. The van der Waals surface area contributed by atoms with Crippen molar-refractivity contribution in [3.8, 4) is 5.75 Å². The Kier molecular flexibility index (Phi) is 4.58. The van der Waals surface area contributed by atoms with Crippen LogP contribution in [0.5, 0.6) is 5.75 Å². The number of aryl methyl sites for hydroxylation is 1. The number of benzene rings is 1. The van der Waals surface area contributed by atoms with Gasteiger partial charge < -0.3 is 9.84 Å². The van der Waals surface area contributed by atoms with Gasteiger partial charge in [-0.25, -0.2) is 0 Å². The molecule has 0 aliphatic rings. The van der Waals surface area contributed by atoms with Gasteiger partial charge in [-0.05, 0) is 29.5 Å². The fourth-order valence-electron chi connectivity index (χ4n) is 1.56. The molecule has 0 saturated heterocycles. The van der Waals surface area contributed by atoms with E-state index in [1.165, 1.54) is 5.56 Å². The van der Waals surface area contributed by atoms with Crippen LogP contribution in [0.25, 0.3) is 0 Å². The number of hydrogen-bond acceptors (Lipinski definition) is 2. The number of rotatable bonds is 4. The van der Waals surface area contributed by atoms with Crippen molar-refractivity contribution in [2.75, 3.05) is 13.2 Å². The van der Waals surface area contributed by atoms with Gasteiger partial charge in [-0.1, -0.05) is 39.8 Å². The molecule has 1 aromatic rings. The van der Waals surface area contributed by atoms with Crippen molar-refractivity contribution in [3.05, 3.63) is 29.3 Å². The summed E-state index contributed by atoms with van der Waals surface area (Å²) in [5.41, 5.74) is 2.64. The number of ether oxygens (including phenoxy) is 1. The van der Waals surface area contributed by atoms with E-state index in [1.807, 2.05) is 13.0 Å². The lowest BCUT2D eigenvalue weighted by Crippen LogP contribution is -2.14. The van der Waals surface area contributed by atoms with Gasteiger partial charge in [0.25, 0.3) is 0 Å². The minimum Gasteiger partial charge on any atom is -0.493 e. The lowest BCUT2D eigenvalue weighted by atomic mass is 9.86. The van der Waals surface area contributed by atoms with Gasteiger partial charge in [-0.3, -0.25) is 0 Å². The molecule has 0 saturated carbocycles. The molecule has 2 nitrogen and oxygen atoms in total. The molecule has 17 heavy (non-hydrogen) atoms. The molecule has 0 bridgehead atoms. The first-order valence-corrected chi connectivity index (χ1v) is 6.19. The summed E-state index contributed by atoms with van der Waals surface area (Å²) in [4.78, 5) is 0. The predicted octanol–water partition coefficient (Wildman–Crippen LogP) is 3.30. The Morgan fingerprint density at radius 1 is 1.29 bits per heavy atom. The first-order valence-electron chi connectivity index (χ1n) is 6.19. The molecule has 0 aliphatic carbocycles. The van der Waals surface area contributed by atoms with Crippen molar-refractivity contribution >= 4 is 0 Å². The second kappa shape index (κ2) is 5.54. The standard InChI is InChI=1S/C15H24O2/c1-11(9-16)10-17-14-7-6-13(8-12(14)2)15(3,4)5/h6-8,11,16H,9-10H2,1-5H3. The zero-order valence-electron chi connectivity index (χ0n) is 11.6. The van der Waals surface area contributed by atoms with Crippen LogP contribution in [0.2, 0.25) is 0 Å². The molecule has 1 N–H and O–H groups in total. The Balaban J connectivity index is 2.77. The highest BCUT2D eigenvalue weighted by atomic mass is 16.5. The Labute approximate surface area is 105 Å². The van der Waals surface area contributed by atoms with E-state index in [0.717, 1.165) is 11.3 Å². The molecule has 1 rings (SSSR count). The van der Waals surface area contributed by atoms with Crippen LogP contribution < -0.4 is 4.74 Å². The predicted molar refractivity (Wildman–Crippen MR) is 71.6 cm³/mol. The van der Waals surface area contributed by atoms with E-state index in [0.29, 0.717) is 6.61 Å². The highest BCUT2D eigenvalue weighted by Gasteiger charge is 2.14. The van der Waals surface area contributed by atoms with Crippen LogP contribution in [0.15, 0.2) is 18.2 Å². The van der Waals surface area contributed by atoms with Gasteiger partial charge in [0.05, 0.1) is 6.61 Å². The molecule has 0 fully saturated rings. The maximum absolute atomic E-state index is 8.95. The number of aliphatic hydroxyl groups is 1. The van der Waals surface area contributed by atoms with Crippen LogP contribution in [0, 0.1) is 12.8 Å². The van der Waals surface area contributed by atoms with Crippen molar-refractivity contribution < 1.29 is 9.84 Å². The molecule has 1 atom stereocenters. The molecule has 0 amide bonds. The summed E-state index contributed by atoms with van der Waals surface area (Å²) in [5.74, 6) is 1.09. The molecular weight excluding hydrogens is 212 g/mol. The second-order valence-corrected chi connectivity index (χ2v) is 5.83. The molecule has 0 radical (unpaired) electrons. The van der Waals surface area contributed by atoms with Crippen LogP contribution in [0.1, 0.15) is 38.8 Å². The lowest BCUT2D eigenvalue weighted by Gasteiger charge is -2.21. The molecule has 0 spiro atoms. The van der Waals surface area contributed by atoms with Crippen LogP contribution in [-0.2, 0) is 5.41 Å². The molecule has 0 heterocycles. The summed E-state index contributed by atoms with van der Waals surface area (Å²) >= 11 is 0. The van der Waals surface area contributed by atoms with E-state index >= 15 is 0 Å². The summed E-state index contributed by atoms with van der Waals surface area (Å²) in [7, 11) is 0. The topological polar surface area (TPSA) is 29.5 Å². The second-order valence-electron chi connectivity index (χ2n) is 5.83. The third-order valence-electron chi connectivity index (χ3n) is 2.88. The summed E-state index contributed by atoms with van der Waals surface area (Å²) in [5, 5.41) is 8.95. The van der Waals surface area contributed by atoms with E-state index in [2.05, 4.69) is 39.8 Å². The SMILES string of the molecule is Cc1cc(C(C)(C)C)ccc1OCC(C)CO. The minimum atomic E-state index is 0.166. The third-order valence-corrected chi connectivity index (χ3v) is 2.88. The van der Waals surface area contributed by atoms with E-state index in [9.17, 15) is 0 Å². The largest absolute Gasteiger partial charge is 0.493 e. The zero-order chi connectivity index (χ0) is 13.1. The molecule has 96 valence electrons. The van der Waals surface area contributed by atoms with E-state index < -0.39 is 0 Å². The van der Waals surface area contributed by atoms with Gasteiger partial charge >= 0.3 is 0 Å². The van der Waals surface area contributed by atoms with Crippen molar-refractivity contribution in [3.63, 3.8) is 0 Å². The third kappa shape index (κ3) is 4.04. The highest BCUT2D eigenvalue weighted by Crippen LogP contribution is 2.27. The maximum Gasteiger partial charge on any atom is 0.122 e. The quantitative estimate of drug-likeness (QED) is 0.869. The summed E-state index contributed by atoms with van der Waals surface area (Å²) < 4.78 is 5.70. The molecule has 2 heteroatoms. The molecule has 0 aromatic heterocycles. The molecular formula is C15H24O2. The van der Waals surface area contributed by atoms with Crippen molar-refractivity contribution in [1.29, 1.82) is 0 Å². The maximum atomic E-state index is 8.95. The summed E-state index contributed by atoms with van der Waals surface area (Å²) in [6.45, 7) is 11.4. The smallest absolute Gasteiger partial charge is 0.122 e. The molecule has 0 aliphatic heterocycles. The van der Waals surface area contributed by atoms with Gasteiger partial charge in [0, 0.05) is 12.5 Å². The van der Waals surface area contributed by atoms with Gasteiger partial charge in [0.1, 0.15) is 5.75 Å². The summed E-state index contributed by atoms with van der Waals surface area (Å²) in [6, 6.07) is 6.32. The number of aliphatic hydroxyl groups excluding tert-OH is 1. The minimum absolute atomic E-state index is 0.166. The first-order chi connectivity index (χ1) is 7.84. The van der Waals surface area contributed by atoms with Gasteiger partial charge in [0.15, 0.2) is 0 Å². The van der Waals surface area contributed by atoms with Crippen molar-refractivity contribution in [2.24, 2.45) is 5.92 Å². The highest BCUT2D eigenvalue weighted by molar-refractivity contribution is 5.38. The molecule has 1 aromatic carbocycles. The Bertz CT molecular complexity index is 364. The summed E-state index contributed by atoms with van der Waals surface area (Å²) in [6.07, 6.45) is 0. The Morgan fingerprint density at radius 3 is 2.41 bits per heavy atom. The average molecular weight is 236 g/mol. The Morgan fingerprint density at radius 2 is 1.94 bits per heavy atom. The van der Waals surface area contributed by atoms with E-state index in [1.54, 1.807) is 0 Å². The van der Waals surface area contributed by atoms with Crippen LogP contribution >= 0.6 is 0 Å². The fraction of sp³-hybridized carbons (Fsp3) is 0.600. The molecule has 1 unspecified atom stereocenters. The van der Waals surface area contributed by atoms with Crippen molar-refractivity contribution in [2.45, 2.75) is 40.0 Å². The van der Waals surface area contributed by atoms with E-state index in [4.69, 9.17) is 9.84 Å². The van der Waals surface area contributed by atoms with Gasteiger partial charge in [0.2, 0.25) is 0 Å².